The summed E-state index contributed by atoms with van der Waals surface area (Å²) < 4.78 is 22.7. The number of nitrogens with one attached hydrogen (secondary N) is 1. The molecule has 0 aliphatic rings. The van der Waals surface area contributed by atoms with E-state index in [0.717, 1.165) is 21.9 Å². The number of sulfone groups is 1. The summed E-state index contributed by atoms with van der Waals surface area (Å²) in [7, 11) is -3.47. The van der Waals surface area contributed by atoms with Crippen molar-refractivity contribution in [2.24, 2.45) is 0 Å². The largest absolute Gasteiger partial charge is 0.325 e. The van der Waals surface area contributed by atoms with Gasteiger partial charge in [-0.1, -0.05) is 15.9 Å². The molecule has 0 atom stereocenters. The Bertz CT molecular complexity index is 598. The monoisotopic (exact) mass is 347 g/mol. The lowest BCUT2D eigenvalue weighted by Gasteiger charge is -2.22. The molecule has 1 aromatic carbocycles. The summed E-state index contributed by atoms with van der Waals surface area (Å²) in [5.41, 5.74) is 2.56. The van der Waals surface area contributed by atoms with Crippen LogP contribution in [0.3, 0.4) is 0 Å². The zero-order valence-corrected chi connectivity index (χ0v) is 14.1. The Morgan fingerprint density at radius 2 is 1.63 bits per heavy atom. The number of carbonyl (C=O) groups is 1. The average Bonchev–Trinajstić information content (AvgIpc) is 2.24. The first kappa shape index (κ1) is 16.2. The van der Waals surface area contributed by atoms with Crippen molar-refractivity contribution in [3.8, 4) is 0 Å². The summed E-state index contributed by atoms with van der Waals surface area (Å²) in [5.74, 6) is -0.531. The lowest BCUT2D eigenvalue weighted by atomic mass is 10.1. The van der Waals surface area contributed by atoms with E-state index in [9.17, 15) is 13.2 Å². The van der Waals surface area contributed by atoms with Crippen molar-refractivity contribution in [3.63, 3.8) is 0 Å². The number of amides is 1. The lowest BCUT2D eigenvalue weighted by Crippen LogP contribution is -2.43. The van der Waals surface area contributed by atoms with Gasteiger partial charge in [0.05, 0.1) is 0 Å². The molecule has 0 unspecified atom stereocenters. The molecule has 0 saturated carbocycles. The molecule has 4 nitrogen and oxygen atoms in total. The Hall–Kier alpha value is -0.880. The van der Waals surface area contributed by atoms with Crippen molar-refractivity contribution in [2.75, 3.05) is 11.6 Å². The molecule has 6 heteroatoms. The van der Waals surface area contributed by atoms with Crippen LogP contribution < -0.4 is 5.32 Å². The highest BCUT2D eigenvalue weighted by Gasteiger charge is 2.38. The van der Waals surface area contributed by atoms with Crippen LogP contribution in [-0.4, -0.2) is 25.3 Å². The van der Waals surface area contributed by atoms with Crippen molar-refractivity contribution in [1.82, 2.24) is 0 Å². The van der Waals surface area contributed by atoms with Crippen LogP contribution >= 0.6 is 15.9 Å². The molecule has 106 valence electrons. The Labute approximate surface area is 122 Å². The van der Waals surface area contributed by atoms with Crippen LogP contribution in [0, 0.1) is 13.8 Å². The van der Waals surface area contributed by atoms with Gasteiger partial charge in [0, 0.05) is 16.4 Å². The normalized spacial score (nSPS) is 12.3. The zero-order chi connectivity index (χ0) is 15.0. The van der Waals surface area contributed by atoms with E-state index in [-0.39, 0.29) is 0 Å². The molecule has 1 N–H and O–H groups in total. The molecule has 0 heterocycles. The first-order chi connectivity index (χ1) is 8.46. The number of carbonyl (C=O) groups excluding carboxylic acids is 1. The smallest absolute Gasteiger partial charge is 0.245 e. The third-order valence-electron chi connectivity index (χ3n) is 3.17. The number of hydrogen-bond donors (Lipinski definition) is 1. The summed E-state index contributed by atoms with van der Waals surface area (Å²) in [6.07, 6.45) is 1.06. The highest BCUT2D eigenvalue weighted by Crippen LogP contribution is 2.26. The van der Waals surface area contributed by atoms with Crippen molar-refractivity contribution in [2.45, 2.75) is 32.4 Å². The maximum atomic E-state index is 12.1. The fraction of sp³-hybridized carbons (Fsp3) is 0.462. The molecule has 1 rings (SSSR count). The molecule has 0 fully saturated rings. The van der Waals surface area contributed by atoms with E-state index >= 15 is 0 Å². The summed E-state index contributed by atoms with van der Waals surface area (Å²) in [4.78, 5) is 12.1. The number of benzene rings is 1. The molecule has 0 saturated heterocycles. The van der Waals surface area contributed by atoms with Gasteiger partial charge < -0.3 is 5.32 Å². The Kier molecular flexibility index (Phi) is 4.47. The third kappa shape index (κ3) is 3.36. The second kappa shape index (κ2) is 5.25. The highest BCUT2D eigenvalue weighted by atomic mass is 79.9. The van der Waals surface area contributed by atoms with Gasteiger partial charge in [0.2, 0.25) is 5.91 Å². The molecule has 19 heavy (non-hydrogen) atoms. The second-order valence-electron chi connectivity index (χ2n) is 5.16. The molecule has 0 radical (unpaired) electrons. The molecular weight excluding hydrogens is 330 g/mol. The van der Waals surface area contributed by atoms with Gasteiger partial charge in [0.1, 0.15) is 4.75 Å². The maximum Gasteiger partial charge on any atom is 0.245 e. The van der Waals surface area contributed by atoms with Gasteiger partial charge in [-0.2, -0.15) is 0 Å². The standard InChI is InChI=1S/C13H18BrNO3S/c1-8-6-10(7-9(2)11(8)14)15-12(16)13(3,4)19(5,17)18/h6-7H,1-5H3,(H,15,16). The maximum absolute atomic E-state index is 12.1. The lowest BCUT2D eigenvalue weighted by molar-refractivity contribution is -0.117. The van der Waals surface area contributed by atoms with E-state index < -0.39 is 20.5 Å². The first-order valence-electron chi connectivity index (χ1n) is 5.74. The summed E-state index contributed by atoms with van der Waals surface area (Å²) in [6, 6.07) is 3.60. The van der Waals surface area contributed by atoms with Crippen LogP contribution in [0.4, 0.5) is 5.69 Å². The Morgan fingerprint density at radius 3 is 2.00 bits per heavy atom. The fourth-order valence-corrected chi connectivity index (χ4v) is 2.08. The highest BCUT2D eigenvalue weighted by molar-refractivity contribution is 9.10. The summed E-state index contributed by atoms with van der Waals surface area (Å²) in [6.45, 7) is 6.62. The quantitative estimate of drug-likeness (QED) is 0.914. The SMILES string of the molecule is Cc1cc(NC(=O)C(C)(C)S(C)(=O)=O)cc(C)c1Br. The molecule has 0 aromatic heterocycles. The third-order valence-corrected chi connectivity index (χ3v) is 6.46. The topological polar surface area (TPSA) is 63.2 Å². The number of hydrogen-bond acceptors (Lipinski definition) is 3. The van der Waals surface area contributed by atoms with Crippen molar-refractivity contribution in [1.29, 1.82) is 0 Å². The van der Waals surface area contributed by atoms with Crippen LogP contribution in [0.2, 0.25) is 0 Å². The number of aryl methyl sites for hydroxylation is 2. The van der Waals surface area contributed by atoms with E-state index in [1.165, 1.54) is 13.8 Å². The number of halogens is 1. The van der Waals surface area contributed by atoms with Crippen LogP contribution in [-0.2, 0) is 14.6 Å². The minimum atomic E-state index is -3.47. The molecule has 1 aromatic rings. The minimum Gasteiger partial charge on any atom is -0.325 e. The number of rotatable bonds is 3. The van der Waals surface area contributed by atoms with Gasteiger partial charge in [-0.3, -0.25) is 4.79 Å². The average molecular weight is 348 g/mol. The zero-order valence-electron chi connectivity index (χ0n) is 11.7. The van der Waals surface area contributed by atoms with E-state index in [1.807, 2.05) is 13.8 Å². The summed E-state index contributed by atoms with van der Waals surface area (Å²) >= 11 is 3.44. The molecule has 0 aliphatic carbocycles. The number of anilines is 1. The molecule has 0 aliphatic heterocycles. The van der Waals surface area contributed by atoms with Crippen LogP contribution in [0.1, 0.15) is 25.0 Å². The van der Waals surface area contributed by atoms with Crippen LogP contribution in [0.25, 0.3) is 0 Å². The molecule has 0 bridgehead atoms. The first-order valence-corrected chi connectivity index (χ1v) is 8.43. The molecular formula is C13H18BrNO3S. The fourth-order valence-electron chi connectivity index (χ4n) is 1.47. The van der Waals surface area contributed by atoms with E-state index in [0.29, 0.717) is 5.69 Å². The molecule has 1 amide bonds. The van der Waals surface area contributed by atoms with Gasteiger partial charge in [0.25, 0.3) is 0 Å². The Morgan fingerprint density at radius 1 is 1.21 bits per heavy atom. The molecule has 0 spiro atoms. The van der Waals surface area contributed by atoms with Crippen molar-refractivity contribution < 1.29 is 13.2 Å². The van der Waals surface area contributed by atoms with Gasteiger partial charge >= 0.3 is 0 Å². The summed E-state index contributed by atoms with van der Waals surface area (Å²) in [5, 5.41) is 2.66. The van der Waals surface area contributed by atoms with Gasteiger partial charge in [0.15, 0.2) is 9.84 Å². The second-order valence-corrected chi connectivity index (χ2v) is 8.52. The predicted molar refractivity (Wildman–Crippen MR) is 81.2 cm³/mol. The van der Waals surface area contributed by atoms with E-state index in [2.05, 4.69) is 21.2 Å². The van der Waals surface area contributed by atoms with Gasteiger partial charge in [-0.15, -0.1) is 0 Å². The van der Waals surface area contributed by atoms with Crippen LogP contribution in [0.15, 0.2) is 16.6 Å². The van der Waals surface area contributed by atoms with E-state index in [4.69, 9.17) is 0 Å². The minimum absolute atomic E-state index is 0.531. The van der Waals surface area contributed by atoms with Crippen molar-refractivity contribution >= 4 is 37.4 Å². The van der Waals surface area contributed by atoms with E-state index in [1.54, 1.807) is 12.1 Å². The van der Waals surface area contributed by atoms with Gasteiger partial charge in [-0.25, -0.2) is 8.42 Å². The van der Waals surface area contributed by atoms with Crippen molar-refractivity contribution in [3.05, 3.63) is 27.7 Å². The van der Waals surface area contributed by atoms with Gasteiger partial charge in [-0.05, 0) is 51.0 Å². The predicted octanol–water partition coefficient (Wildman–Crippen LogP) is 2.83. The van der Waals surface area contributed by atoms with Crippen LogP contribution in [0.5, 0.6) is 0 Å². The Balaban J connectivity index is 3.08.